The van der Waals surface area contributed by atoms with Crippen LogP contribution in [0.3, 0.4) is 0 Å². The van der Waals surface area contributed by atoms with Crippen molar-refractivity contribution >= 4 is 34.5 Å². The molecule has 0 saturated heterocycles. The number of carbonyl (C=O) groups is 1. The van der Waals surface area contributed by atoms with Crippen LogP contribution in [0.2, 0.25) is 5.02 Å². The monoisotopic (exact) mass is 448 g/mol. The summed E-state index contributed by atoms with van der Waals surface area (Å²) in [4.78, 5) is 30.6. The minimum Gasteiger partial charge on any atom is -0.381 e. The molecule has 5 rings (SSSR count). The van der Waals surface area contributed by atoms with E-state index in [0.29, 0.717) is 22.2 Å². The number of nitrogens with one attached hydrogen (secondary N) is 1. The van der Waals surface area contributed by atoms with Crippen molar-refractivity contribution in [3.05, 3.63) is 87.8 Å². The summed E-state index contributed by atoms with van der Waals surface area (Å²) in [6, 6.07) is 11.6. The van der Waals surface area contributed by atoms with Crippen LogP contribution < -0.4 is 16.6 Å². The van der Waals surface area contributed by atoms with Crippen LogP contribution in [-0.2, 0) is 0 Å². The molecule has 0 aliphatic rings. The van der Waals surface area contributed by atoms with Crippen LogP contribution in [0, 0.1) is 0 Å². The van der Waals surface area contributed by atoms with Crippen molar-refractivity contribution in [2.24, 2.45) is 0 Å². The number of nitrogens with zero attached hydrogens (tertiary/aromatic N) is 6. The van der Waals surface area contributed by atoms with Crippen molar-refractivity contribution in [1.29, 1.82) is 0 Å². The standard InChI is InChI=1S/C21H17ClN8O2/c1-12(25-20(31)15-17(23)26-29-10-5-9-24-19(15)29)18-27-28-11-8-14(22)16(28)21(32)30(18)13-6-3-2-4-7-13/h2-12H,1H3,(H2,23,26)(H,25,31)/t12-/m0/s1. The van der Waals surface area contributed by atoms with Crippen molar-refractivity contribution in [3.8, 4) is 5.69 Å². The van der Waals surface area contributed by atoms with Crippen LogP contribution in [0.25, 0.3) is 16.9 Å². The topological polar surface area (TPSA) is 125 Å². The lowest BCUT2D eigenvalue weighted by Crippen LogP contribution is -2.34. The number of halogens is 1. The summed E-state index contributed by atoms with van der Waals surface area (Å²) in [7, 11) is 0. The van der Waals surface area contributed by atoms with Crippen LogP contribution >= 0.6 is 11.6 Å². The van der Waals surface area contributed by atoms with Gasteiger partial charge in [0, 0.05) is 18.6 Å². The van der Waals surface area contributed by atoms with Crippen molar-refractivity contribution in [3.63, 3.8) is 0 Å². The number of benzene rings is 1. The molecule has 1 aromatic carbocycles. The molecule has 1 atom stereocenters. The van der Waals surface area contributed by atoms with Gasteiger partial charge in [0.2, 0.25) is 0 Å². The first-order valence-electron chi connectivity index (χ1n) is 9.70. The molecule has 11 heteroatoms. The molecule has 0 bridgehead atoms. The minimum absolute atomic E-state index is 0.0504. The number of rotatable bonds is 4. The van der Waals surface area contributed by atoms with Gasteiger partial charge in [-0.1, -0.05) is 29.8 Å². The van der Waals surface area contributed by atoms with E-state index in [9.17, 15) is 9.59 Å². The molecule has 0 aliphatic carbocycles. The first-order chi connectivity index (χ1) is 15.5. The molecule has 5 aromatic rings. The van der Waals surface area contributed by atoms with Crippen molar-refractivity contribution in [2.75, 3.05) is 5.73 Å². The van der Waals surface area contributed by atoms with Crippen LogP contribution in [0.1, 0.15) is 29.1 Å². The summed E-state index contributed by atoms with van der Waals surface area (Å²) in [5.41, 5.74) is 6.93. The largest absolute Gasteiger partial charge is 0.381 e. The van der Waals surface area contributed by atoms with Gasteiger partial charge in [-0.25, -0.2) is 14.0 Å². The molecule has 4 heterocycles. The van der Waals surface area contributed by atoms with Gasteiger partial charge < -0.3 is 11.1 Å². The van der Waals surface area contributed by atoms with Gasteiger partial charge in [-0.05, 0) is 31.2 Å². The number of nitrogens with two attached hydrogens (primary N) is 1. The molecule has 160 valence electrons. The Labute approximate surface area is 185 Å². The van der Waals surface area contributed by atoms with E-state index in [0.717, 1.165) is 0 Å². The Morgan fingerprint density at radius 1 is 1.09 bits per heavy atom. The minimum atomic E-state index is -0.668. The molecule has 1 amide bonds. The smallest absolute Gasteiger partial charge is 0.284 e. The molecule has 3 N–H and O–H groups in total. The summed E-state index contributed by atoms with van der Waals surface area (Å²) in [6.45, 7) is 1.73. The quantitative estimate of drug-likeness (QED) is 0.434. The zero-order chi connectivity index (χ0) is 22.4. The predicted molar refractivity (Wildman–Crippen MR) is 119 cm³/mol. The SMILES string of the molecule is C[C@H](NC(=O)c1c(N)nn2cccnc12)c1nn2ccc(Cl)c2c(=O)n1-c1ccccc1. The van der Waals surface area contributed by atoms with E-state index in [4.69, 9.17) is 17.3 Å². The summed E-state index contributed by atoms with van der Waals surface area (Å²) in [5, 5.41) is 11.8. The lowest BCUT2D eigenvalue weighted by molar-refractivity contribution is 0.0940. The van der Waals surface area contributed by atoms with Crippen molar-refractivity contribution in [2.45, 2.75) is 13.0 Å². The Morgan fingerprint density at radius 2 is 1.88 bits per heavy atom. The van der Waals surface area contributed by atoms with E-state index < -0.39 is 11.9 Å². The molecular weight excluding hydrogens is 432 g/mol. The number of carbonyl (C=O) groups excluding carboxylic acids is 1. The molecule has 0 aliphatic heterocycles. The molecule has 32 heavy (non-hydrogen) atoms. The molecule has 0 spiro atoms. The number of nitrogen functional groups attached to an aromatic ring is 1. The third-order valence-electron chi connectivity index (χ3n) is 5.06. The van der Waals surface area contributed by atoms with E-state index in [1.165, 1.54) is 13.6 Å². The Balaban J connectivity index is 1.62. The number of anilines is 1. The summed E-state index contributed by atoms with van der Waals surface area (Å²) < 4.78 is 4.28. The van der Waals surface area contributed by atoms with E-state index in [1.807, 2.05) is 18.2 Å². The Hall–Kier alpha value is -4.18. The first kappa shape index (κ1) is 19.8. The fourth-order valence-electron chi connectivity index (χ4n) is 3.61. The zero-order valence-electron chi connectivity index (χ0n) is 16.8. The Bertz CT molecular complexity index is 1540. The maximum atomic E-state index is 13.3. The van der Waals surface area contributed by atoms with E-state index in [-0.39, 0.29) is 22.5 Å². The van der Waals surface area contributed by atoms with E-state index in [2.05, 4.69) is 20.5 Å². The van der Waals surface area contributed by atoms with Gasteiger partial charge >= 0.3 is 0 Å². The number of hydrogen-bond donors (Lipinski definition) is 2. The Kier molecular flexibility index (Phi) is 4.63. The van der Waals surface area contributed by atoms with Crippen molar-refractivity contribution < 1.29 is 4.79 Å². The number of hydrogen-bond acceptors (Lipinski definition) is 6. The maximum Gasteiger partial charge on any atom is 0.284 e. The fourth-order valence-corrected chi connectivity index (χ4v) is 3.83. The molecule has 0 radical (unpaired) electrons. The van der Waals surface area contributed by atoms with Gasteiger partial charge in [-0.3, -0.25) is 14.2 Å². The van der Waals surface area contributed by atoms with Crippen LogP contribution in [0.4, 0.5) is 5.82 Å². The predicted octanol–water partition coefficient (Wildman–Crippen LogP) is 2.25. The first-order valence-corrected chi connectivity index (χ1v) is 10.1. The molecule has 0 saturated carbocycles. The summed E-state index contributed by atoms with van der Waals surface area (Å²) in [6.07, 6.45) is 4.80. The highest BCUT2D eigenvalue weighted by atomic mass is 35.5. The number of para-hydroxylation sites is 1. The maximum absolute atomic E-state index is 13.3. The highest BCUT2D eigenvalue weighted by Gasteiger charge is 2.25. The van der Waals surface area contributed by atoms with E-state index >= 15 is 0 Å². The van der Waals surface area contributed by atoms with Gasteiger partial charge in [-0.15, -0.1) is 5.10 Å². The fraction of sp³-hybridized carbons (Fsp3) is 0.0952. The molecule has 0 unspecified atom stereocenters. The average molecular weight is 449 g/mol. The van der Waals surface area contributed by atoms with Gasteiger partial charge in [0.1, 0.15) is 11.1 Å². The lowest BCUT2D eigenvalue weighted by atomic mass is 10.2. The molecule has 0 fully saturated rings. The van der Waals surface area contributed by atoms with Gasteiger partial charge in [0.25, 0.3) is 11.5 Å². The second kappa shape index (κ2) is 7.50. The highest BCUT2D eigenvalue weighted by molar-refractivity contribution is 6.33. The van der Waals surface area contributed by atoms with Gasteiger partial charge in [-0.2, -0.15) is 5.10 Å². The van der Waals surface area contributed by atoms with Gasteiger partial charge in [0.05, 0.1) is 16.8 Å². The van der Waals surface area contributed by atoms with Gasteiger partial charge in [0.15, 0.2) is 17.3 Å². The lowest BCUT2D eigenvalue weighted by Gasteiger charge is -2.19. The number of fused-ring (bicyclic) bond motifs is 2. The van der Waals surface area contributed by atoms with Crippen LogP contribution in [-0.4, -0.2) is 34.7 Å². The Morgan fingerprint density at radius 3 is 2.66 bits per heavy atom. The van der Waals surface area contributed by atoms with E-state index in [1.54, 1.807) is 49.8 Å². The number of aromatic nitrogens is 6. The molecule has 4 aromatic heterocycles. The zero-order valence-corrected chi connectivity index (χ0v) is 17.6. The third kappa shape index (κ3) is 3.08. The molecular formula is C21H17ClN8O2. The second-order valence-corrected chi connectivity index (χ2v) is 7.54. The number of amides is 1. The van der Waals surface area contributed by atoms with Crippen LogP contribution in [0.5, 0.6) is 0 Å². The second-order valence-electron chi connectivity index (χ2n) is 7.13. The highest BCUT2D eigenvalue weighted by Crippen LogP contribution is 2.21. The summed E-state index contributed by atoms with van der Waals surface area (Å²) >= 11 is 6.22. The van der Waals surface area contributed by atoms with Crippen molar-refractivity contribution in [1.82, 2.24) is 34.1 Å². The third-order valence-corrected chi connectivity index (χ3v) is 5.37. The average Bonchev–Trinajstić information content (AvgIpc) is 3.33. The normalized spacial score (nSPS) is 12.3. The summed E-state index contributed by atoms with van der Waals surface area (Å²) in [5.74, 6) is -0.116. The van der Waals surface area contributed by atoms with Crippen LogP contribution in [0.15, 0.2) is 65.8 Å². The molecule has 10 nitrogen and oxygen atoms in total.